The van der Waals surface area contributed by atoms with Crippen molar-refractivity contribution in [3.8, 4) is 22.6 Å². The van der Waals surface area contributed by atoms with Gasteiger partial charge in [-0.1, -0.05) is 24.3 Å². The fourth-order valence-electron chi connectivity index (χ4n) is 2.07. The highest BCUT2D eigenvalue weighted by Crippen LogP contribution is 2.31. The fourth-order valence-corrected chi connectivity index (χ4v) is 2.07. The summed E-state index contributed by atoms with van der Waals surface area (Å²) >= 11 is 0. The normalized spacial score (nSPS) is 10.0. The van der Waals surface area contributed by atoms with Crippen molar-refractivity contribution in [1.29, 1.82) is 0 Å². The number of carbonyl (C=O) groups is 2. The number of benzene rings is 2. The number of hydrogen-bond donors (Lipinski definition) is 0. The predicted molar refractivity (Wildman–Crippen MR) is 79.2 cm³/mol. The summed E-state index contributed by atoms with van der Waals surface area (Å²) in [6.07, 6.45) is 0. The molecule has 0 fully saturated rings. The van der Waals surface area contributed by atoms with E-state index in [0.29, 0.717) is 11.5 Å². The van der Waals surface area contributed by atoms with Crippen LogP contribution in [0.5, 0.6) is 11.5 Å². The fraction of sp³-hybridized carbons (Fsp3) is 0.176. The number of rotatable bonds is 3. The van der Waals surface area contributed by atoms with Crippen LogP contribution in [0, 0.1) is 6.92 Å². The van der Waals surface area contributed by atoms with Crippen molar-refractivity contribution in [1.82, 2.24) is 0 Å². The Morgan fingerprint density at radius 3 is 1.86 bits per heavy atom. The third-order valence-corrected chi connectivity index (χ3v) is 2.86. The van der Waals surface area contributed by atoms with E-state index < -0.39 is 11.9 Å². The van der Waals surface area contributed by atoms with Gasteiger partial charge in [0.25, 0.3) is 0 Å². The number of carbonyl (C=O) groups excluding carboxylic acids is 2. The standard InChI is InChI=1S/C17H16O4/c1-11-6-4-5-7-17(11)14-8-15(20-12(2)18)10-16(9-14)21-13(3)19/h4-10H,1-3H3. The summed E-state index contributed by atoms with van der Waals surface area (Å²) in [5.74, 6) is -0.157. The first kappa shape index (κ1) is 14.8. The Morgan fingerprint density at radius 1 is 0.857 bits per heavy atom. The van der Waals surface area contributed by atoms with Gasteiger partial charge in [0.1, 0.15) is 11.5 Å². The van der Waals surface area contributed by atoms with Gasteiger partial charge in [-0.05, 0) is 35.7 Å². The van der Waals surface area contributed by atoms with Crippen LogP contribution in [0.15, 0.2) is 42.5 Å². The van der Waals surface area contributed by atoms with Gasteiger partial charge in [-0.3, -0.25) is 9.59 Å². The molecule has 2 rings (SSSR count). The van der Waals surface area contributed by atoms with Gasteiger partial charge in [0.15, 0.2) is 0 Å². The third kappa shape index (κ3) is 3.92. The number of aryl methyl sites for hydroxylation is 1. The lowest BCUT2D eigenvalue weighted by Crippen LogP contribution is -2.04. The van der Waals surface area contributed by atoms with E-state index in [2.05, 4.69) is 0 Å². The van der Waals surface area contributed by atoms with Gasteiger partial charge in [-0.25, -0.2) is 0 Å². The molecule has 0 radical (unpaired) electrons. The van der Waals surface area contributed by atoms with Crippen molar-refractivity contribution in [2.75, 3.05) is 0 Å². The number of hydrogen-bond acceptors (Lipinski definition) is 4. The molecule has 2 aromatic rings. The topological polar surface area (TPSA) is 52.6 Å². The summed E-state index contributed by atoms with van der Waals surface area (Å²) in [4.78, 5) is 22.3. The summed E-state index contributed by atoms with van der Waals surface area (Å²) in [5, 5.41) is 0. The van der Waals surface area contributed by atoms with Crippen molar-refractivity contribution < 1.29 is 19.1 Å². The second kappa shape index (κ2) is 6.22. The lowest BCUT2D eigenvalue weighted by Gasteiger charge is -2.11. The Labute approximate surface area is 123 Å². The first-order chi connectivity index (χ1) is 9.95. The minimum Gasteiger partial charge on any atom is -0.427 e. The van der Waals surface area contributed by atoms with Gasteiger partial charge in [-0.2, -0.15) is 0 Å². The molecule has 0 atom stereocenters. The molecule has 21 heavy (non-hydrogen) atoms. The molecule has 0 spiro atoms. The zero-order valence-electron chi connectivity index (χ0n) is 12.2. The van der Waals surface area contributed by atoms with Gasteiger partial charge in [-0.15, -0.1) is 0 Å². The lowest BCUT2D eigenvalue weighted by atomic mass is 10.0. The van der Waals surface area contributed by atoms with Crippen LogP contribution >= 0.6 is 0 Å². The lowest BCUT2D eigenvalue weighted by molar-refractivity contribution is -0.132. The molecule has 0 saturated heterocycles. The molecule has 0 unspecified atom stereocenters. The van der Waals surface area contributed by atoms with Crippen molar-refractivity contribution in [2.24, 2.45) is 0 Å². The molecule has 108 valence electrons. The first-order valence-electron chi connectivity index (χ1n) is 6.53. The summed E-state index contributed by atoms with van der Waals surface area (Å²) in [7, 11) is 0. The van der Waals surface area contributed by atoms with Gasteiger partial charge < -0.3 is 9.47 Å². The van der Waals surface area contributed by atoms with Gasteiger partial charge in [0.05, 0.1) is 0 Å². The Balaban J connectivity index is 2.51. The van der Waals surface area contributed by atoms with Crippen LogP contribution in [0.25, 0.3) is 11.1 Å². The maximum Gasteiger partial charge on any atom is 0.308 e. The molecule has 4 nitrogen and oxygen atoms in total. The minimum absolute atomic E-state index is 0.347. The van der Waals surface area contributed by atoms with Crippen molar-refractivity contribution in [3.63, 3.8) is 0 Å². The molecule has 0 N–H and O–H groups in total. The minimum atomic E-state index is -0.425. The molecule has 0 amide bonds. The van der Waals surface area contributed by atoms with Crippen molar-refractivity contribution in [2.45, 2.75) is 20.8 Å². The molecule has 0 aromatic heterocycles. The Kier molecular flexibility index (Phi) is 4.38. The van der Waals surface area contributed by atoms with Crippen LogP contribution in [-0.2, 0) is 9.59 Å². The van der Waals surface area contributed by atoms with Crippen LogP contribution in [0.4, 0.5) is 0 Å². The van der Waals surface area contributed by atoms with Crippen LogP contribution in [-0.4, -0.2) is 11.9 Å². The quantitative estimate of drug-likeness (QED) is 0.639. The summed E-state index contributed by atoms with van der Waals surface area (Å²) in [6.45, 7) is 4.64. The number of ether oxygens (including phenoxy) is 2. The largest absolute Gasteiger partial charge is 0.427 e. The van der Waals surface area contributed by atoms with E-state index in [1.807, 2.05) is 31.2 Å². The van der Waals surface area contributed by atoms with E-state index in [-0.39, 0.29) is 0 Å². The van der Waals surface area contributed by atoms with Crippen LogP contribution < -0.4 is 9.47 Å². The zero-order chi connectivity index (χ0) is 15.4. The maximum absolute atomic E-state index is 11.1. The zero-order valence-corrected chi connectivity index (χ0v) is 12.2. The van der Waals surface area contributed by atoms with Crippen LogP contribution in [0.1, 0.15) is 19.4 Å². The summed E-state index contributed by atoms with van der Waals surface area (Å²) < 4.78 is 10.2. The monoisotopic (exact) mass is 284 g/mol. The molecule has 0 aliphatic rings. The molecular weight excluding hydrogens is 268 g/mol. The Hall–Kier alpha value is -2.62. The van der Waals surface area contributed by atoms with Gasteiger partial charge in [0, 0.05) is 19.9 Å². The Morgan fingerprint density at radius 2 is 1.38 bits per heavy atom. The summed E-state index contributed by atoms with van der Waals surface area (Å²) in [6, 6.07) is 12.8. The van der Waals surface area contributed by atoms with Crippen molar-refractivity contribution >= 4 is 11.9 Å². The smallest absolute Gasteiger partial charge is 0.308 e. The Bertz CT molecular complexity index is 655. The van der Waals surface area contributed by atoms with E-state index in [1.165, 1.54) is 19.9 Å². The SMILES string of the molecule is CC(=O)Oc1cc(OC(C)=O)cc(-c2ccccc2C)c1. The third-order valence-electron chi connectivity index (χ3n) is 2.86. The molecule has 0 aliphatic carbocycles. The molecule has 2 aromatic carbocycles. The highest BCUT2D eigenvalue weighted by Gasteiger charge is 2.09. The van der Waals surface area contributed by atoms with Gasteiger partial charge in [0.2, 0.25) is 0 Å². The molecule has 4 heteroatoms. The van der Waals surface area contributed by atoms with Crippen molar-refractivity contribution in [3.05, 3.63) is 48.0 Å². The predicted octanol–water partition coefficient (Wildman–Crippen LogP) is 3.51. The molecular formula is C17H16O4. The highest BCUT2D eigenvalue weighted by atomic mass is 16.5. The second-order valence-electron chi connectivity index (χ2n) is 4.70. The maximum atomic E-state index is 11.1. The average Bonchev–Trinajstić information content (AvgIpc) is 2.37. The molecule has 0 aliphatic heterocycles. The molecule has 0 bridgehead atoms. The van der Waals surface area contributed by atoms with E-state index in [0.717, 1.165) is 16.7 Å². The van der Waals surface area contributed by atoms with E-state index >= 15 is 0 Å². The highest BCUT2D eigenvalue weighted by molar-refractivity contribution is 5.75. The van der Waals surface area contributed by atoms with E-state index in [4.69, 9.17) is 9.47 Å². The summed E-state index contributed by atoms with van der Waals surface area (Å²) in [5.41, 5.74) is 2.88. The first-order valence-corrected chi connectivity index (χ1v) is 6.53. The van der Waals surface area contributed by atoms with Crippen LogP contribution in [0.3, 0.4) is 0 Å². The van der Waals surface area contributed by atoms with E-state index in [9.17, 15) is 9.59 Å². The van der Waals surface area contributed by atoms with E-state index in [1.54, 1.807) is 12.1 Å². The second-order valence-corrected chi connectivity index (χ2v) is 4.70. The van der Waals surface area contributed by atoms with Gasteiger partial charge >= 0.3 is 11.9 Å². The number of esters is 2. The van der Waals surface area contributed by atoms with Crippen LogP contribution in [0.2, 0.25) is 0 Å². The molecule has 0 heterocycles. The molecule has 0 saturated carbocycles. The average molecular weight is 284 g/mol.